The fraction of sp³-hybridized carbons (Fsp3) is 0.474. The Morgan fingerprint density at radius 1 is 0.837 bits per heavy atom. The number of hydrogen-bond acceptors (Lipinski definition) is 9. The van der Waals surface area contributed by atoms with E-state index < -0.39 is 12.1 Å². The molecule has 3 aromatic carbocycles. The topological polar surface area (TPSA) is 145 Å². The summed E-state index contributed by atoms with van der Waals surface area (Å²) >= 11 is 0. The molecule has 49 heavy (non-hydrogen) atoms. The molecular formula is C38H48N4O7. The van der Waals surface area contributed by atoms with Crippen molar-refractivity contribution in [1.29, 1.82) is 0 Å². The number of likely N-dealkylation sites (tertiary alicyclic amines) is 1. The van der Waals surface area contributed by atoms with Gasteiger partial charge in [0.15, 0.2) is 12.1 Å². The van der Waals surface area contributed by atoms with E-state index in [-0.39, 0.29) is 30.6 Å². The lowest BCUT2D eigenvalue weighted by Crippen LogP contribution is -2.48. The summed E-state index contributed by atoms with van der Waals surface area (Å²) < 4.78 is 24.9. The molecule has 3 saturated heterocycles. The minimum absolute atomic E-state index is 0.00101. The van der Waals surface area contributed by atoms with Crippen molar-refractivity contribution in [3.63, 3.8) is 0 Å². The van der Waals surface area contributed by atoms with Crippen LogP contribution in [0.15, 0.2) is 72.8 Å². The van der Waals surface area contributed by atoms with Crippen molar-refractivity contribution in [3.8, 4) is 0 Å². The summed E-state index contributed by atoms with van der Waals surface area (Å²) in [6, 6.07) is 23.0. The summed E-state index contributed by atoms with van der Waals surface area (Å²) in [5, 5.41) is 15.3. The summed E-state index contributed by atoms with van der Waals surface area (Å²) in [6.07, 6.45) is 3.59. The van der Waals surface area contributed by atoms with E-state index in [9.17, 15) is 14.7 Å². The lowest BCUT2D eigenvalue weighted by atomic mass is 9.98. The fourth-order valence-corrected chi connectivity index (χ4v) is 6.66. The number of anilines is 2. The maximum absolute atomic E-state index is 12.5. The molecule has 3 atom stereocenters. The standard InChI is InChI=1S/C38H48N4O7/c39-32-5-1-2-6-33(32)41-36(45)8-4-3-7-35(44)40-24-27-9-15-30(16-10-27)37-48-31(23-34(49-37)29-13-11-28(26-43)12-14-29)25-42-19-17-38(18-20-42)46-21-22-47-38/h1-2,5-6,9-16,31,34,37,43H,3-4,7-8,17-26,39H2,(H,40,44)(H,41,45). The van der Waals surface area contributed by atoms with Gasteiger partial charge in [0.1, 0.15) is 0 Å². The number of benzene rings is 3. The molecule has 11 nitrogen and oxygen atoms in total. The highest BCUT2D eigenvalue weighted by molar-refractivity contribution is 5.93. The first-order valence-corrected chi connectivity index (χ1v) is 17.4. The van der Waals surface area contributed by atoms with Crippen molar-refractivity contribution in [2.24, 2.45) is 0 Å². The fourth-order valence-electron chi connectivity index (χ4n) is 6.66. The number of nitrogens with one attached hydrogen (secondary N) is 2. The molecule has 3 heterocycles. The Bertz CT molecular complexity index is 1520. The molecule has 0 bridgehead atoms. The summed E-state index contributed by atoms with van der Waals surface area (Å²) in [5.41, 5.74) is 10.8. The minimum atomic E-state index is -0.543. The number of nitrogens with two attached hydrogens (primary N) is 1. The Morgan fingerprint density at radius 3 is 2.18 bits per heavy atom. The first-order chi connectivity index (χ1) is 23.9. The van der Waals surface area contributed by atoms with Crippen molar-refractivity contribution in [2.75, 3.05) is 43.9 Å². The van der Waals surface area contributed by atoms with Crippen molar-refractivity contribution in [2.45, 2.75) is 82.4 Å². The number of carbonyl (C=O) groups excluding carboxylic acids is 2. The first kappa shape index (κ1) is 35.0. The predicted octanol–water partition coefficient (Wildman–Crippen LogP) is 4.96. The van der Waals surface area contributed by atoms with Gasteiger partial charge in [-0.05, 0) is 41.7 Å². The van der Waals surface area contributed by atoms with Crippen LogP contribution in [-0.2, 0) is 41.7 Å². The Morgan fingerprint density at radius 2 is 1.49 bits per heavy atom. The zero-order chi connectivity index (χ0) is 34.1. The molecule has 5 N–H and O–H groups in total. The van der Waals surface area contributed by atoms with E-state index in [1.54, 1.807) is 12.1 Å². The second kappa shape index (κ2) is 16.7. The Balaban J connectivity index is 0.985. The van der Waals surface area contributed by atoms with Gasteiger partial charge in [0, 0.05) is 63.8 Å². The second-order valence-corrected chi connectivity index (χ2v) is 13.1. The molecule has 3 aromatic rings. The third-order valence-corrected chi connectivity index (χ3v) is 9.54. The average molecular weight is 673 g/mol. The Kier molecular flexibility index (Phi) is 11.9. The lowest BCUT2D eigenvalue weighted by molar-refractivity contribution is -0.255. The number of nitrogens with zero attached hydrogens (tertiary/aromatic N) is 1. The highest BCUT2D eigenvalue weighted by atomic mass is 16.7. The normalized spacial score (nSPS) is 22.2. The van der Waals surface area contributed by atoms with Crippen LogP contribution in [-0.4, -0.2) is 66.6 Å². The summed E-state index contributed by atoms with van der Waals surface area (Å²) in [7, 11) is 0. The van der Waals surface area contributed by atoms with Gasteiger partial charge in [-0.15, -0.1) is 0 Å². The van der Waals surface area contributed by atoms with Crippen LogP contribution >= 0.6 is 0 Å². The summed E-state index contributed by atoms with van der Waals surface area (Å²) in [4.78, 5) is 27.1. The lowest BCUT2D eigenvalue weighted by Gasteiger charge is -2.41. The number of unbranched alkanes of at least 4 members (excludes halogenated alkanes) is 1. The van der Waals surface area contributed by atoms with Crippen LogP contribution in [0.3, 0.4) is 0 Å². The third kappa shape index (κ3) is 9.66. The number of aliphatic hydroxyl groups excluding tert-OH is 1. The van der Waals surface area contributed by atoms with E-state index in [1.165, 1.54) is 0 Å². The average Bonchev–Trinajstić information content (AvgIpc) is 3.59. The van der Waals surface area contributed by atoms with Gasteiger partial charge >= 0.3 is 0 Å². The van der Waals surface area contributed by atoms with Gasteiger partial charge in [0.2, 0.25) is 11.8 Å². The van der Waals surface area contributed by atoms with E-state index in [1.807, 2.05) is 60.7 Å². The summed E-state index contributed by atoms with van der Waals surface area (Å²) in [5.74, 6) is -0.580. The number of carbonyl (C=O) groups is 2. The SMILES string of the molecule is Nc1ccccc1NC(=O)CCCCC(=O)NCc1ccc(C2OC(CN3CCC4(CC3)OCCO4)CC(c3ccc(CO)cc3)O2)cc1. The molecule has 2 amide bonds. The second-order valence-electron chi connectivity index (χ2n) is 13.1. The van der Waals surface area contributed by atoms with Crippen molar-refractivity contribution < 1.29 is 33.6 Å². The van der Waals surface area contributed by atoms with Crippen LogP contribution in [0, 0.1) is 0 Å². The van der Waals surface area contributed by atoms with Crippen LogP contribution in [0.25, 0.3) is 0 Å². The zero-order valence-corrected chi connectivity index (χ0v) is 28.0. The minimum Gasteiger partial charge on any atom is -0.397 e. The maximum Gasteiger partial charge on any atom is 0.224 e. The van der Waals surface area contributed by atoms with Crippen LogP contribution in [0.4, 0.5) is 11.4 Å². The molecule has 0 saturated carbocycles. The van der Waals surface area contributed by atoms with Gasteiger partial charge in [-0.1, -0.05) is 60.7 Å². The molecule has 0 aromatic heterocycles. The molecular weight excluding hydrogens is 624 g/mol. The Labute approximate surface area is 288 Å². The molecule has 3 fully saturated rings. The van der Waals surface area contributed by atoms with E-state index in [4.69, 9.17) is 24.7 Å². The van der Waals surface area contributed by atoms with Gasteiger partial charge in [0.05, 0.1) is 43.4 Å². The number of para-hydroxylation sites is 2. The van der Waals surface area contributed by atoms with E-state index >= 15 is 0 Å². The number of rotatable bonds is 13. The summed E-state index contributed by atoms with van der Waals surface area (Å²) in [6.45, 7) is 4.31. The maximum atomic E-state index is 12.5. The molecule has 1 spiro atoms. The smallest absolute Gasteiger partial charge is 0.224 e. The quantitative estimate of drug-likeness (QED) is 0.146. The number of hydrogen-bond donors (Lipinski definition) is 4. The third-order valence-electron chi connectivity index (χ3n) is 9.54. The number of nitrogen functional groups attached to an aromatic ring is 1. The molecule has 6 rings (SSSR count). The zero-order valence-electron chi connectivity index (χ0n) is 28.0. The van der Waals surface area contributed by atoms with Gasteiger partial charge in [-0.25, -0.2) is 0 Å². The largest absolute Gasteiger partial charge is 0.397 e. The highest BCUT2D eigenvalue weighted by Gasteiger charge is 2.41. The molecule has 262 valence electrons. The molecule has 3 unspecified atom stereocenters. The van der Waals surface area contributed by atoms with Crippen LogP contribution in [0.5, 0.6) is 0 Å². The van der Waals surface area contributed by atoms with Crippen LogP contribution in [0.2, 0.25) is 0 Å². The molecule has 3 aliphatic rings. The number of amides is 2. The van der Waals surface area contributed by atoms with Gasteiger partial charge < -0.3 is 45.3 Å². The van der Waals surface area contributed by atoms with Gasteiger partial charge in [-0.2, -0.15) is 0 Å². The van der Waals surface area contributed by atoms with Crippen LogP contribution in [0.1, 0.15) is 79.6 Å². The predicted molar refractivity (Wildman–Crippen MR) is 185 cm³/mol. The van der Waals surface area contributed by atoms with Crippen molar-refractivity contribution in [1.82, 2.24) is 10.2 Å². The van der Waals surface area contributed by atoms with Crippen LogP contribution < -0.4 is 16.4 Å². The number of aliphatic hydroxyl groups is 1. The van der Waals surface area contributed by atoms with Gasteiger partial charge in [-0.3, -0.25) is 9.59 Å². The van der Waals surface area contributed by atoms with Gasteiger partial charge in [0.25, 0.3) is 0 Å². The molecule has 11 heteroatoms. The first-order valence-electron chi connectivity index (χ1n) is 17.4. The number of piperidine rings is 1. The molecule has 0 aliphatic carbocycles. The number of ether oxygens (including phenoxy) is 4. The van der Waals surface area contributed by atoms with Crippen molar-refractivity contribution >= 4 is 23.2 Å². The van der Waals surface area contributed by atoms with E-state index in [0.717, 1.165) is 61.2 Å². The van der Waals surface area contributed by atoms with E-state index in [2.05, 4.69) is 15.5 Å². The van der Waals surface area contributed by atoms with Crippen molar-refractivity contribution in [3.05, 3.63) is 95.1 Å². The highest BCUT2D eigenvalue weighted by Crippen LogP contribution is 2.39. The molecule has 3 aliphatic heterocycles. The molecule has 0 radical (unpaired) electrons. The van der Waals surface area contributed by atoms with E-state index in [0.29, 0.717) is 56.8 Å². The monoisotopic (exact) mass is 672 g/mol. The Hall–Kier alpha value is -3.84.